The van der Waals surface area contributed by atoms with Gasteiger partial charge in [0.25, 0.3) is 0 Å². The largest absolute Gasteiger partial charge is 0.256 e. The van der Waals surface area contributed by atoms with Gasteiger partial charge in [-0.15, -0.1) is 0 Å². The van der Waals surface area contributed by atoms with Crippen LogP contribution in [0, 0.1) is 0 Å². The predicted octanol–water partition coefficient (Wildman–Crippen LogP) is 7.13. The van der Waals surface area contributed by atoms with Crippen molar-refractivity contribution >= 4 is 64.4 Å². The summed E-state index contributed by atoms with van der Waals surface area (Å²) in [6.07, 6.45) is 1.83. The van der Waals surface area contributed by atoms with Crippen LogP contribution in [0.25, 0.3) is 43.8 Å². The Bertz CT molecular complexity index is 1310. The van der Waals surface area contributed by atoms with Crippen molar-refractivity contribution in [3.63, 3.8) is 0 Å². The van der Waals surface area contributed by atoms with Crippen LogP contribution in [0.5, 0.6) is 0 Å². The predicted molar refractivity (Wildman–Crippen MR) is 115 cm³/mol. The molecule has 0 N–H and O–H groups in total. The summed E-state index contributed by atoms with van der Waals surface area (Å²) in [4.78, 5) is 9.64. The van der Waals surface area contributed by atoms with Crippen LogP contribution in [0.2, 0.25) is 0 Å². The molecule has 0 radical (unpaired) electrons. The summed E-state index contributed by atoms with van der Waals surface area (Å²) in [7, 11) is 0. The maximum absolute atomic E-state index is 5.00. The second-order valence-corrected chi connectivity index (χ2v) is 8.02. The number of hydrogen-bond donors (Lipinski definition) is 0. The highest BCUT2D eigenvalue weighted by Gasteiger charge is 2.14. The van der Waals surface area contributed by atoms with Crippen molar-refractivity contribution in [2.75, 3.05) is 0 Å². The number of rotatable bonds is 1. The van der Waals surface area contributed by atoms with Crippen LogP contribution < -0.4 is 0 Å². The molecule has 3 aromatic carbocycles. The average Bonchev–Trinajstić information content (AvgIpc) is 2.66. The van der Waals surface area contributed by atoms with E-state index in [-0.39, 0.29) is 0 Å². The van der Waals surface area contributed by atoms with E-state index in [2.05, 4.69) is 91.4 Å². The Morgan fingerprint density at radius 3 is 2.42 bits per heavy atom. The quantitative estimate of drug-likeness (QED) is 0.195. The van der Waals surface area contributed by atoms with Gasteiger partial charge in [-0.1, -0.05) is 68.3 Å². The molecule has 2 nitrogen and oxygen atoms in total. The first-order valence-corrected chi connectivity index (χ1v) is 9.82. The lowest BCUT2D eigenvalue weighted by Gasteiger charge is -2.13. The summed E-state index contributed by atoms with van der Waals surface area (Å²) in [6.45, 7) is 0. The zero-order valence-electron chi connectivity index (χ0n) is 13.6. The van der Waals surface area contributed by atoms with Gasteiger partial charge >= 0.3 is 0 Å². The van der Waals surface area contributed by atoms with E-state index in [9.17, 15) is 0 Å². The van der Waals surface area contributed by atoms with Gasteiger partial charge in [0.05, 0.1) is 16.7 Å². The highest BCUT2D eigenvalue weighted by atomic mass is 79.9. The van der Waals surface area contributed by atoms with Gasteiger partial charge in [-0.3, -0.25) is 4.98 Å². The highest BCUT2D eigenvalue weighted by molar-refractivity contribution is 9.10. The van der Waals surface area contributed by atoms with Crippen LogP contribution in [0.15, 0.2) is 81.9 Å². The Morgan fingerprint density at radius 1 is 0.692 bits per heavy atom. The summed E-state index contributed by atoms with van der Waals surface area (Å²) in [5.74, 6) is 0. The second kappa shape index (κ2) is 6.15. The number of nitrogens with zero attached hydrogens (tertiary/aromatic N) is 2. The number of aromatic nitrogens is 2. The molecule has 0 unspecified atom stereocenters. The van der Waals surface area contributed by atoms with E-state index in [1.54, 1.807) is 0 Å². The molecular formula is C22H12Br2N2. The minimum absolute atomic E-state index is 0.935. The summed E-state index contributed by atoms with van der Waals surface area (Å²) in [5, 5.41) is 4.55. The van der Waals surface area contributed by atoms with Crippen molar-refractivity contribution in [3.8, 4) is 11.3 Å². The molecule has 0 aliphatic rings. The van der Waals surface area contributed by atoms with E-state index < -0.39 is 0 Å². The van der Waals surface area contributed by atoms with Gasteiger partial charge in [0.15, 0.2) is 0 Å². The fraction of sp³-hybridized carbons (Fsp3) is 0. The zero-order valence-corrected chi connectivity index (χ0v) is 16.8. The minimum Gasteiger partial charge on any atom is -0.256 e. The number of fused-ring (bicyclic) bond motifs is 4. The minimum atomic E-state index is 0.935. The van der Waals surface area contributed by atoms with Crippen molar-refractivity contribution in [2.24, 2.45) is 0 Å². The molecule has 5 aromatic rings. The van der Waals surface area contributed by atoms with E-state index >= 15 is 0 Å². The lowest BCUT2D eigenvalue weighted by molar-refractivity contribution is 1.32. The van der Waals surface area contributed by atoms with Crippen molar-refractivity contribution < 1.29 is 0 Å². The monoisotopic (exact) mass is 462 g/mol. The van der Waals surface area contributed by atoms with Gasteiger partial charge in [0, 0.05) is 36.9 Å². The Balaban J connectivity index is 2.04. The van der Waals surface area contributed by atoms with Crippen molar-refractivity contribution in [3.05, 3.63) is 81.9 Å². The SMILES string of the molecule is Brc1ccnc(-c2c3cc(Br)ccc3nc3c2ccc2ccccc23)c1. The van der Waals surface area contributed by atoms with Gasteiger partial charge in [-0.2, -0.15) is 0 Å². The van der Waals surface area contributed by atoms with E-state index in [1.807, 2.05) is 18.3 Å². The Labute approximate surface area is 167 Å². The molecular weight excluding hydrogens is 452 g/mol. The molecule has 0 aliphatic heterocycles. The smallest absolute Gasteiger partial charge is 0.0794 e. The molecule has 0 saturated carbocycles. The molecule has 4 heteroatoms. The number of benzene rings is 3. The molecule has 0 amide bonds. The Kier molecular flexibility index (Phi) is 3.76. The summed E-state index contributed by atoms with van der Waals surface area (Å²) < 4.78 is 2.04. The normalized spacial score (nSPS) is 11.5. The van der Waals surface area contributed by atoms with E-state index in [1.165, 1.54) is 5.39 Å². The fourth-order valence-electron chi connectivity index (χ4n) is 3.47. The molecule has 5 rings (SSSR count). The molecule has 0 fully saturated rings. The molecule has 2 heterocycles. The van der Waals surface area contributed by atoms with Crippen LogP contribution >= 0.6 is 31.9 Å². The Hall–Kier alpha value is -2.30. The van der Waals surface area contributed by atoms with Crippen LogP contribution in [-0.2, 0) is 0 Å². The van der Waals surface area contributed by atoms with Gasteiger partial charge in [-0.25, -0.2) is 4.98 Å². The molecule has 124 valence electrons. The van der Waals surface area contributed by atoms with Crippen LogP contribution in [0.4, 0.5) is 0 Å². The van der Waals surface area contributed by atoms with Crippen molar-refractivity contribution in [1.82, 2.24) is 9.97 Å². The second-order valence-electron chi connectivity index (χ2n) is 6.19. The van der Waals surface area contributed by atoms with E-state index in [4.69, 9.17) is 4.98 Å². The molecule has 0 aliphatic carbocycles. The molecule has 0 saturated heterocycles. The first-order chi connectivity index (χ1) is 12.7. The molecule has 2 aromatic heterocycles. The van der Waals surface area contributed by atoms with Crippen LogP contribution in [0.1, 0.15) is 0 Å². The highest BCUT2D eigenvalue weighted by Crippen LogP contribution is 2.38. The molecule has 0 spiro atoms. The lowest BCUT2D eigenvalue weighted by atomic mass is 9.96. The van der Waals surface area contributed by atoms with Crippen LogP contribution in [0.3, 0.4) is 0 Å². The van der Waals surface area contributed by atoms with Gasteiger partial charge in [0.2, 0.25) is 0 Å². The first kappa shape index (κ1) is 15.9. The molecule has 0 bridgehead atoms. The molecule has 26 heavy (non-hydrogen) atoms. The van der Waals surface area contributed by atoms with E-state index in [0.29, 0.717) is 0 Å². The topological polar surface area (TPSA) is 25.8 Å². The third-order valence-corrected chi connectivity index (χ3v) is 5.59. The zero-order chi connectivity index (χ0) is 17.7. The first-order valence-electron chi connectivity index (χ1n) is 8.23. The Morgan fingerprint density at radius 2 is 1.54 bits per heavy atom. The summed E-state index contributed by atoms with van der Waals surface area (Å²) in [6, 6.07) is 22.9. The van der Waals surface area contributed by atoms with Gasteiger partial charge in [0.1, 0.15) is 0 Å². The number of hydrogen-bond acceptors (Lipinski definition) is 2. The lowest BCUT2D eigenvalue weighted by Crippen LogP contribution is -1.92. The van der Waals surface area contributed by atoms with Gasteiger partial charge < -0.3 is 0 Å². The summed E-state index contributed by atoms with van der Waals surface area (Å²) >= 11 is 7.18. The van der Waals surface area contributed by atoms with E-state index in [0.717, 1.165) is 47.4 Å². The third kappa shape index (κ3) is 2.52. The number of halogens is 2. The third-order valence-electron chi connectivity index (χ3n) is 4.61. The van der Waals surface area contributed by atoms with Gasteiger partial charge in [-0.05, 0) is 35.7 Å². The van der Waals surface area contributed by atoms with Crippen molar-refractivity contribution in [1.29, 1.82) is 0 Å². The standard InChI is InChI=1S/C22H12Br2N2/c23-14-6-8-19-18(11-14)21(20-12-15(24)9-10-25-20)17-7-5-13-3-1-2-4-16(13)22(17)26-19/h1-12H. The summed E-state index contributed by atoms with van der Waals surface area (Å²) in [5.41, 5.74) is 4.02. The molecule has 0 atom stereocenters. The van der Waals surface area contributed by atoms with Crippen LogP contribution in [-0.4, -0.2) is 9.97 Å². The maximum atomic E-state index is 5.00. The maximum Gasteiger partial charge on any atom is 0.0794 e. The van der Waals surface area contributed by atoms with Crippen molar-refractivity contribution in [2.45, 2.75) is 0 Å². The average molecular weight is 464 g/mol. The fourth-order valence-corrected chi connectivity index (χ4v) is 4.16. The number of pyridine rings is 2.